The Morgan fingerprint density at radius 1 is 0.878 bits per heavy atom. The number of aromatic nitrogens is 4. The van der Waals surface area contributed by atoms with Crippen LogP contribution in [0.4, 0.5) is 0 Å². The summed E-state index contributed by atoms with van der Waals surface area (Å²) in [5.41, 5.74) is 2.57. The molecule has 0 amide bonds. The van der Waals surface area contributed by atoms with Crippen LogP contribution >= 0.6 is 23.2 Å². The summed E-state index contributed by atoms with van der Waals surface area (Å²) in [4.78, 5) is 27.5. The molecule has 41 heavy (non-hydrogen) atoms. The molecular weight excluding hydrogens is 567 g/mol. The van der Waals surface area contributed by atoms with E-state index in [-0.39, 0.29) is 36.0 Å². The van der Waals surface area contributed by atoms with E-state index in [1.54, 1.807) is 36.4 Å². The Labute approximate surface area is 247 Å². The second kappa shape index (κ2) is 15.5. The predicted molar refractivity (Wildman–Crippen MR) is 155 cm³/mol. The molecule has 0 atom stereocenters. The average molecular weight is 591 g/mol. The molecule has 0 fully saturated rings. The van der Waals surface area contributed by atoms with Gasteiger partial charge < -0.3 is 14.6 Å². The van der Waals surface area contributed by atoms with Gasteiger partial charge in [-0.1, -0.05) is 7.43 Å². The van der Waals surface area contributed by atoms with Crippen molar-refractivity contribution in [3.05, 3.63) is 105 Å². The standard InChI is InChI=1S/2C14H10ClN3O2.CH4/c2*1-20-13-3-2-9(6-10(13)8-16)12(19)7-11-4-5-17-14(15)18-11;/h2-6H,7H2,1H3;2-7,19H,1H3;1H4/b;12-7-;. The summed E-state index contributed by atoms with van der Waals surface area (Å²) in [7, 11) is 2.95. The molecule has 0 saturated heterocycles. The monoisotopic (exact) mass is 590 g/mol. The van der Waals surface area contributed by atoms with Crippen molar-refractivity contribution in [2.45, 2.75) is 13.8 Å². The molecular formula is C29H24Cl2N6O4. The molecule has 208 valence electrons. The number of aliphatic hydroxyl groups excluding tert-OH is 1. The number of halogens is 2. The third kappa shape index (κ3) is 9.01. The molecule has 0 unspecified atom stereocenters. The number of ketones is 1. The quantitative estimate of drug-likeness (QED) is 0.151. The molecule has 0 aliphatic carbocycles. The molecule has 0 saturated carbocycles. The van der Waals surface area contributed by atoms with E-state index < -0.39 is 0 Å². The lowest BCUT2D eigenvalue weighted by Gasteiger charge is -2.05. The Morgan fingerprint density at radius 2 is 1.41 bits per heavy atom. The van der Waals surface area contributed by atoms with Crippen LogP contribution in [-0.2, 0) is 6.42 Å². The lowest BCUT2D eigenvalue weighted by Crippen LogP contribution is -2.06. The van der Waals surface area contributed by atoms with Gasteiger partial charge in [0.25, 0.3) is 0 Å². The maximum atomic E-state index is 12.1. The van der Waals surface area contributed by atoms with Crippen LogP contribution in [0.2, 0.25) is 10.6 Å². The highest BCUT2D eigenvalue weighted by atomic mass is 35.5. The third-order valence-electron chi connectivity index (χ3n) is 5.22. The molecule has 4 rings (SSSR count). The normalized spacial score (nSPS) is 10.1. The Kier molecular flexibility index (Phi) is 12.2. The van der Waals surface area contributed by atoms with Gasteiger partial charge >= 0.3 is 0 Å². The fourth-order valence-electron chi connectivity index (χ4n) is 3.31. The number of methoxy groups -OCH3 is 2. The van der Waals surface area contributed by atoms with Crippen molar-refractivity contribution in [3.63, 3.8) is 0 Å². The van der Waals surface area contributed by atoms with Crippen LogP contribution < -0.4 is 9.47 Å². The van der Waals surface area contributed by atoms with Crippen molar-refractivity contribution in [3.8, 4) is 23.6 Å². The first-order valence-corrected chi connectivity index (χ1v) is 12.1. The molecule has 2 aromatic heterocycles. The van der Waals surface area contributed by atoms with E-state index in [1.165, 1.54) is 44.8 Å². The SMILES string of the molecule is C.COc1ccc(/C(O)=C/c2ccnc(Cl)n2)cc1C#N.COc1ccc(C(=O)Cc2ccnc(Cl)n2)cc1C#N. The summed E-state index contributed by atoms with van der Waals surface area (Å²) in [5, 5.41) is 28.3. The Bertz CT molecular complexity index is 1650. The van der Waals surface area contributed by atoms with Crippen molar-refractivity contribution in [2.24, 2.45) is 0 Å². The topological polar surface area (TPSA) is 155 Å². The first kappa shape index (κ1) is 32.2. The van der Waals surface area contributed by atoms with Crippen LogP contribution in [0.1, 0.15) is 45.9 Å². The minimum atomic E-state index is -0.154. The fraction of sp³-hybridized carbons (Fsp3) is 0.138. The van der Waals surface area contributed by atoms with Crippen LogP contribution in [0, 0.1) is 22.7 Å². The third-order valence-corrected chi connectivity index (χ3v) is 5.58. The highest BCUT2D eigenvalue weighted by Crippen LogP contribution is 2.23. The van der Waals surface area contributed by atoms with Crippen molar-refractivity contribution >= 4 is 40.8 Å². The number of rotatable bonds is 7. The first-order chi connectivity index (χ1) is 19.3. The number of ether oxygens (including phenoxy) is 2. The van der Waals surface area contributed by atoms with Gasteiger partial charge in [0.05, 0.1) is 43.2 Å². The molecule has 2 heterocycles. The van der Waals surface area contributed by atoms with Gasteiger partial charge in [0.1, 0.15) is 29.4 Å². The lowest BCUT2D eigenvalue weighted by molar-refractivity contribution is 0.0992. The van der Waals surface area contributed by atoms with E-state index in [4.69, 9.17) is 43.2 Å². The maximum Gasteiger partial charge on any atom is 0.222 e. The first-order valence-electron chi connectivity index (χ1n) is 11.3. The van der Waals surface area contributed by atoms with Crippen molar-refractivity contribution < 1.29 is 19.4 Å². The molecule has 0 radical (unpaired) electrons. The number of Topliss-reactive ketones (excluding diaryl/α,β-unsaturated/α-hetero) is 1. The summed E-state index contributed by atoms with van der Waals surface area (Å²) in [5.74, 6) is 0.709. The number of nitrogens with zero attached hydrogens (tertiary/aromatic N) is 6. The second-order valence-corrected chi connectivity index (χ2v) is 8.43. The summed E-state index contributed by atoms with van der Waals surface area (Å²) in [6, 6.07) is 16.7. The van der Waals surface area contributed by atoms with Crippen molar-refractivity contribution in [2.75, 3.05) is 14.2 Å². The highest BCUT2D eigenvalue weighted by molar-refractivity contribution is 6.28. The predicted octanol–water partition coefficient (Wildman–Crippen LogP) is 6.14. The number of hydrogen-bond acceptors (Lipinski definition) is 10. The van der Waals surface area contributed by atoms with Gasteiger partial charge in [-0.2, -0.15) is 10.5 Å². The van der Waals surface area contributed by atoms with Crippen molar-refractivity contribution in [1.29, 1.82) is 10.5 Å². The van der Waals surface area contributed by atoms with Crippen LogP contribution in [0.5, 0.6) is 11.5 Å². The van der Waals surface area contributed by atoms with E-state index in [0.717, 1.165) is 0 Å². The zero-order chi connectivity index (χ0) is 29.1. The average Bonchev–Trinajstić information content (AvgIpc) is 2.96. The zero-order valence-corrected chi connectivity index (χ0v) is 22.7. The largest absolute Gasteiger partial charge is 0.507 e. The van der Waals surface area contributed by atoms with Crippen LogP contribution in [0.15, 0.2) is 60.9 Å². The highest BCUT2D eigenvalue weighted by Gasteiger charge is 2.12. The molecule has 0 aliphatic heterocycles. The summed E-state index contributed by atoms with van der Waals surface area (Å²) < 4.78 is 10.1. The Morgan fingerprint density at radius 3 is 1.95 bits per heavy atom. The minimum Gasteiger partial charge on any atom is -0.507 e. The minimum absolute atomic E-state index is 0. The van der Waals surface area contributed by atoms with Gasteiger partial charge in [-0.3, -0.25) is 4.79 Å². The number of nitriles is 2. The van der Waals surface area contributed by atoms with Gasteiger partial charge in [-0.15, -0.1) is 0 Å². The number of hydrogen-bond donors (Lipinski definition) is 1. The van der Waals surface area contributed by atoms with E-state index in [2.05, 4.69) is 19.9 Å². The molecule has 0 bridgehead atoms. The summed E-state index contributed by atoms with van der Waals surface area (Å²) in [6.07, 6.45) is 4.52. The summed E-state index contributed by atoms with van der Waals surface area (Å²) >= 11 is 11.3. The van der Waals surface area contributed by atoms with Gasteiger partial charge in [-0.05, 0) is 71.7 Å². The van der Waals surface area contributed by atoms with Gasteiger partial charge in [-0.25, -0.2) is 19.9 Å². The fourth-order valence-corrected chi connectivity index (χ4v) is 3.63. The Hall–Kier alpha value is -5.03. The maximum absolute atomic E-state index is 12.1. The molecule has 10 nitrogen and oxygen atoms in total. The zero-order valence-electron chi connectivity index (χ0n) is 21.2. The van der Waals surface area contributed by atoms with Gasteiger partial charge in [0.15, 0.2) is 5.78 Å². The number of benzene rings is 2. The molecule has 2 aromatic carbocycles. The van der Waals surface area contributed by atoms with E-state index in [9.17, 15) is 9.90 Å². The molecule has 0 spiro atoms. The number of aliphatic hydroxyl groups is 1. The van der Waals surface area contributed by atoms with Crippen molar-refractivity contribution in [1.82, 2.24) is 19.9 Å². The smallest absolute Gasteiger partial charge is 0.222 e. The van der Waals surface area contributed by atoms with E-state index in [0.29, 0.717) is 45.1 Å². The number of carbonyl (C=O) groups is 1. The molecule has 0 aliphatic rings. The molecule has 12 heteroatoms. The molecule has 4 aromatic rings. The van der Waals surface area contributed by atoms with Gasteiger partial charge in [0.2, 0.25) is 10.6 Å². The number of carbonyl (C=O) groups excluding carboxylic acids is 1. The Balaban J connectivity index is 0.000000280. The summed E-state index contributed by atoms with van der Waals surface area (Å²) in [6.45, 7) is 0. The second-order valence-electron chi connectivity index (χ2n) is 7.75. The van der Waals surface area contributed by atoms with Crippen LogP contribution in [0.25, 0.3) is 11.8 Å². The van der Waals surface area contributed by atoms with E-state index in [1.807, 2.05) is 12.1 Å². The van der Waals surface area contributed by atoms with Gasteiger partial charge in [0, 0.05) is 29.6 Å². The van der Waals surface area contributed by atoms with E-state index >= 15 is 0 Å². The van der Waals surface area contributed by atoms with Crippen LogP contribution in [0.3, 0.4) is 0 Å². The van der Waals surface area contributed by atoms with Crippen LogP contribution in [-0.4, -0.2) is 45.0 Å². The molecule has 1 N–H and O–H groups in total. The lowest BCUT2D eigenvalue weighted by atomic mass is 10.0.